The van der Waals surface area contributed by atoms with Crippen molar-refractivity contribution in [3.8, 4) is 0 Å². The molecule has 0 saturated carbocycles. The zero-order valence-electron chi connectivity index (χ0n) is 26.3. The van der Waals surface area contributed by atoms with Gasteiger partial charge in [0.15, 0.2) is 0 Å². The second-order valence-electron chi connectivity index (χ2n) is 12.2. The third-order valence-corrected chi connectivity index (χ3v) is 9.54. The molecule has 236 valence electrons. The highest BCUT2D eigenvalue weighted by atomic mass is 35.5. The highest BCUT2D eigenvalue weighted by Gasteiger charge is 2.36. The Morgan fingerprint density at radius 2 is 1.38 bits per heavy atom. The molecule has 0 heterocycles. The number of amides is 2. The Labute approximate surface area is 271 Å². The molecule has 0 aliphatic rings. The predicted octanol–water partition coefficient (Wildman–Crippen LogP) is 6.71. The van der Waals surface area contributed by atoms with E-state index in [9.17, 15) is 18.0 Å². The molecule has 1 N–H and O–H groups in total. The molecule has 0 radical (unpaired) electrons. The van der Waals surface area contributed by atoms with Crippen molar-refractivity contribution in [2.45, 2.75) is 64.1 Å². The topological polar surface area (TPSA) is 86.8 Å². The van der Waals surface area contributed by atoms with Gasteiger partial charge in [0.25, 0.3) is 10.0 Å². The van der Waals surface area contributed by atoms with Crippen molar-refractivity contribution < 1.29 is 18.0 Å². The van der Waals surface area contributed by atoms with Crippen LogP contribution in [0.1, 0.15) is 43.0 Å². The maximum atomic E-state index is 14.6. The Bertz CT molecular complexity index is 1720. The number of hydrogen-bond acceptors (Lipinski definition) is 4. The van der Waals surface area contributed by atoms with Crippen LogP contribution in [0.2, 0.25) is 5.02 Å². The zero-order chi connectivity index (χ0) is 32.8. The molecule has 0 spiro atoms. The van der Waals surface area contributed by atoms with Crippen molar-refractivity contribution in [1.82, 2.24) is 10.2 Å². The Balaban J connectivity index is 1.83. The summed E-state index contributed by atoms with van der Waals surface area (Å²) in [5, 5.41) is 3.41. The number of benzene rings is 4. The summed E-state index contributed by atoms with van der Waals surface area (Å²) in [5.74, 6) is -0.860. The van der Waals surface area contributed by atoms with Crippen LogP contribution in [0.4, 0.5) is 5.69 Å². The predicted molar refractivity (Wildman–Crippen MR) is 181 cm³/mol. The van der Waals surface area contributed by atoms with Crippen LogP contribution in [0, 0.1) is 13.8 Å². The van der Waals surface area contributed by atoms with E-state index >= 15 is 0 Å². The van der Waals surface area contributed by atoms with Crippen molar-refractivity contribution in [3.05, 3.63) is 130 Å². The summed E-state index contributed by atoms with van der Waals surface area (Å²) in [7, 11) is -4.22. The molecule has 0 saturated heterocycles. The Morgan fingerprint density at radius 3 is 1.96 bits per heavy atom. The highest BCUT2D eigenvalue weighted by Crippen LogP contribution is 2.31. The van der Waals surface area contributed by atoms with Crippen LogP contribution in [0.3, 0.4) is 0 Å². The molecule has 4 aromatic rings. The molecular formula is C36H40ClN3O4S. The molecule has 1 atom stereocenters. The van der Waals surface area contributed by atoms with E-state index < -0.39 is 34.1 Å². The summed E-state index contributed by atoms with van der Waals surface area (Å²) in [6.07, 6.45) is 0.238. The first kappa shape index (κ1) is 33.7. The third-order valence-electron chi connectivity index (χ3n) is 7.36. The molecule has 9 heteroatoms. The lowest BCUT2D eigenvalue weighted by Gasteiger charge is -2.35. The fraction of sp³-hybridized carbons (Fsp3) is 0.278. The molecule has 7 nitrogen and oxygen atoms in total. The summed E-state index contributed by atoms with van der Waals surface area (Å²) in [4.78, 5) is 30.0. The van der Waals surface area contributed by atoms with Gasteiger partial charge < -0.3 is 10.2 Å². The molecule has 4 rings (SSSR count). The van der Waals surface area contributed by atoms with Crippen molar-refractivity contribution in [1.29, 1.82) is 0 Å². The average Bonchev–Trinajstić information content (AvgIpc) is 2.99. The molecule has 0 unspecified atom stereocenters. The lowest BCUT2D eigenvalue weighted by molar-refractivity contribution is -0.140. The van der Waals surface area contributed by atoms with E-state index in [2.05, 4.69) is 5.32 Å². The van der Waals surface area contributed by atoms with Gasteiger partial charge in [0.05, 0.1) is 10.6 Å². The van der Waals surface area contributed by atoms with Gasteiger partial charge in [0.1, 0.15) is 12.6 Å². The molecular weight excluding hydrogens is 606 g/mol. The molecule has 2 amide bonds. The number of hydrogen-bond donors (Lipinski definition) is 1. The number of sulfonamides is 1. The van der Waals surface area contributed by atoms with Gasteiger partial charge in [0, 0.05) is 23.5 Å². The van der Waals surface area contributed by atoms with Gasteiger partial charge in [0.2, 0.25) is 11.8 Å². The Morgan fingerprint density at radius 1 is 0.800 bits per heavy atom. The first-order chi connectivity index (χ1) is 21.3. The van der Waals surface area contributed by atoms with Crippen molar-refractivity contribution >= 4 is 39.1 Å². The number of nitrogens with one attached hydrogen (secondary N) is 1. The van der Waals surface area contributed by atoms with Crippen molar-refractivity contribution in [2.24, 2.45) is 0 Å². The fourth-order valence-electron chi connectivity index (χ4n) is 5.00. The maximum absolute atomic E-state index is 14.6. The molecule has 0 aliphatic carbocycles. The molecule has 45 heavy (non-hydrogen) atoms. The van der Waals surface area contributed by atoms with Crippen LogP contribution >= 0.6 is 11.6 Å². The number of carbonyl (C=O) groups is 2. The fourth-order valence-corrected chi connectivity index (χ4v) is 6.65. The molecule has 4 aromatic carbocycles. The number of halogens is 1. The minimum Gasteiger partial charge on any atom is -0.350 e. The lowest BCUT2D eigenvalue weighted by Crippen LogP contribution is -2.56. The van der Waals surface area contributed by atoms with Gasteiger partial charge in [-0.25, -0.2) is 8.42 Å². The maximum Gasteiger partial charge on any atom is 0.264 e. The third kappa shape index (κ3) is 8.74. The minimum atomic E-state index is -4.22. The van der Waals surface area contributed by atoms with Crippen LogP contribution in [0.5, 0.6) is 0 Å². The standard InChI is InChI=1S/C36H40ClN3O4S/c1-26-19-21-30(22-20-26)45(43,44)40(32-18-12-17-31(37)27(32)2)25-34(41)39(24-29-15-10-7-11-16-29)33(35(42)38-36(3,4)5)23-28-13-8-6-9-14-28/h6-22,33H,23-25H2,1-5H3,(H,38,42)/t33-/m0/s1. The average molecular weight is 646 g/mol. The van der Waals surface area contributed by atoms with E-state index in [4.69, 9.17) is 11.6 Å². The monoisotopic (exact) mass is 645 g/mol. The number of rotatable bonds is 11. The van der Waals surface area contributed by atoms with Crippen LogP contribution < -0.4 is 9.62 Å². The lowest BCUT2D eigenvalue weighted by atomic mass is 10.0. The van der Waals surface area contributed by atoms with Gasteiger partial charge in [-0.3, -0.25) is 13.9 Å². The normalized spacial score (nSPS) is 12.3. The Hall–Kier alpha value is -4.14. The first-order valence-electron chi connectivity index (χ1n) is 14.8. The van der Waals surface area contributed by atoms with Gasteiger partial charge in [-0.05, 0) is 75.6 Å². The molecule has 0 aliphatic heterocycles. The van der Waals surface area contributed by atoms with Crippen LogP contribution in [0.25, 0.3) is 0 Å². The van der Waals surface area contributed by atoms with E-state index in [1.807, 2.05) is 88.4 Å². The van der Waals surface area contributed by atoms with Crippen LogP contribution in [-0.2, 0) is 32.6 Å². The van der Waals surface area contributed by atoms with E-state index in [0.717, 1.165) is 21.0 Å². The van der Waals surface area contributed by atoms with Gasteiger partial charge >= 0.3 is 0 Å². The summed E-state index contributed by atoms with van der Waals surface area (Å²) in [6, 6.07) is 29.4. The van der Waals surface area contributed by atoms with Gasteiger partial charge in [-0.15, -0.1) is 0 Å². The number of nitrogens with zero attached hydrogens (tertiary/aromatic N) is 2. The van der Waals surface area contributed by atoms with E-state index in [-0.39, 0.29) is 29.5 Å². The van der Waals surface area contributed by atoms with Gasteiger partial charge in [-0.1, -0.05) is 96.0 Å². The van der Waals surface area contributed by atoms with Crippen LogP contribution in [-0.4, -0.2) is 43.3 Å². The van der Waals surface area contributed by atoms with E-state index in [1.165, 1.54) is 17.0 Å². The summed E-state index contributed by atoms with van der Waals surface area (Å²) in [6.45, 7) is 8.79. The number of anilines is 1. The zero-order valence-corrected chi connectivity index (χ0v) is 27.9. The summed E-state index contributed by atoms with van der Waals surface area (Å²) < 4.78 is 29.6. The molecule has 0 bridgehead atoms. The second kappa shape index (κ2) is 14.3. The highest BCUT2D eigenvalue weighted by molar-refractivity contribution is 7.92. The van der Waals surface area contributed by atoms with E-state index in [0.29, 0.717) is 10.6 Å². The van der Waals surface area contributed by atoms with E-state index in [1.54, 1.807) is 37.3 Å². The Kier molecular flexibility index (Phi) is 10.7. The van der Waals surface area contributed by atoms with Crippen molar-refractivity contribution in [3.63, 3.8) is 0 Å². The number of carbonyl (C=O) groups excluding carboxylic acids is 2. The molecule has 0 fully saturated rings. The quantitative estimate of drug-likeness (QED) is 0.197. The minimum absolute atomic E-state index is 0.0428. The van der Waals surface area contributed by atoms with Crippen molar-refractivity contribution in [2.75, 3.05) is 10.8 Å². The number of aryl methyl sites for hydroxylation is 1. The first-order valence-corrected chi connectivity index (χ1v) is 16.6. The second-order valence-corrected chi connectivity index (χ2v) is 14.4. The summed E-state index contributed by atoms with van der Waals surface area (Å²) >= 11 is 6.46. The summed E-state index contributed by atoms with van der Waals surface area (Å²) in [5.41, 5.74) is 2.81. The largest absolute Gasteiger partial charge is 0.350 e. The SMILES string of the molecule is Cc1ccc(S(=O)(=O)N(CC(=O)N(Cc2ccccc2)[C@@H](Cc2ccccc2)C(=O)NC(C)(C)C)c2cccc(Cl)c2C)cc1. The molecule has 0 aromatic heterocycles. The van der Waals surface area contributed by atoms with Gasteiger partial charge in [-0.2, -0.15) is 0 Å². The smallest absolute Gasteiger partial charge is 0.264 e. The van der Waals surface area contributed by atoms with Crippen LogP contribution in [0.15, 0.2) is 108 Å².